The first kappa shape index (κ1) is 18.2. The maximum Gasteiger partial charge on any atom is 0.206 e. The van der Waals surface area contributed by atoms with Gasteiger partial charge in [0.2, 0.25) is 4.80 Å². The Morgan fingerprint density at radius 3 is 2.62 bits per heavy atom. The van der Waals surface area contributed by atoms with Gasteiger partial charge in [0.1, 0.15) is 5.75 Å². The molecule has 0 aliphatic rings. The third-order valence-electron chi connectivity index (χ3n) is 3.33. The minimum absolute atomic E-state index is 0.577. The molecule has 0 unspecified atom stereocenters. The summed E-state index contributed by atoms with van der Waals surface area (Å²) >= 11 is 1.59. The number of hydrogen-bond donors (Lipinski definition) is 0. The van der Waals surface area contributed by atoms with E-state index in [0.717, 1.165) is 33.8 Å². The van der Waals surface area contributed by atoms with Crippen LogP contribution in [0.5, 0.6) is 5.75 Å². The van der Waals surface area contributed by atoms with Crippen LogP contribution >= 0.6 is 11.3 Å². The lowest BCUT2D eigenvalue weighted by atomic mass is 10.1. The summed E-state index contributed by atoms with van der Waals surface area (Å²) in [4.78, 5) is 5.51. The van der Waals surface area contributed by atoms with Gasteiger partial charge < -0.3 is 4.74 Å². The molecule has 0 fully saturated rings. The molecule has 0 saturated heterocycles. The summed E-state index contributed by atoms with van der Waals surface area (Å²) in [6.45, 7) is 10.9. The molecular weight excluding hydrogens is 318 g/mol. The zero-order valence-corrected chi connectivity index (χ0v) is 15.6. The van der Waals surface area contributed by atoms with Gasteiger partial charge in [0.15, 0.2) is 0 Å². The van der Waals surface area contributed by atoms with Gasteiger partial charge in [-0.05, 0) is 43.5 Å². The van der Waals surface area contributed by atoms with Crippen LogP contribution in [0.4, 0.5) is 0 Å². The molecule has 1 aromatic carbocycles. The summed E-state index contributed by atoms with van der Waals surface area (Å²) in [6.07, 6.45) is 2.90. The zero-order valence-electron chi connectivity index (χ0n) is 14.8. The van der Waals surface area contributed by atoms with Gasteiger partial charge in [0.05, 0.1) is 19.3 Å². The third kappa shape index (κ3) is 4.93. The van der Waals surface area contributed by atoms with E-state index in [1.165, 1.54) is 0 Å². The van der Waals surface area contributed by atoms with E-state index in [2.05, 4.69) is 35.9 Å². The lowest BCUT2D eigenvalue weighted by Gasteiger charge is -2.05. The Bertz CT molecular complexity index is 767. The van der Waals surface area contributed by atoms with E-state index in [0.29, 0.717) is 12.5 Å². The van der Waals surface area contributed by atoms with Crippen LogP contribution in [0.2, 0.25) is 0 Å². The maximum absolute atomic E-state index is 5.23. The van der Waals surface area contributed by atoms with E-state index in [-0.39, 0.29) is 0 Å². The summed E-state index contributed by atoms with van der Waals surface area (Å²) in [5, 5.41) is 6.74. The Balaban J connectivity index is 2.44. The molecule has 1 heterocycles. The topological polar surface area (TPSA) is 38.9 Å². The largest absolute Gasteiger partial charge is 0.497 e. The van der Waals surface area contributed by atoms with Gasteiger partial charge in [0, 0.05) is 17.2 Å². The van der Waals surface area contributed by atoms with Crippen LogP contribution in [-0.4, -0.2) is 24.5 Å². The van der Waals surface area contributed by atoms with E-state index < -0.39 is 0 Å². The standard InChI is InChI=1S/C19H25N3OS/c1-14(2)10-11-21-22-18(13-24-19(22)20-12-15(3)4)16-6-8-17(23-5)9-7-16/h6-9,11,13-14H,3,10,12H2,1-2,4-5H3. The van der Waals surface area contributed by atoms with Crippen LogP contribution in [0.3, 0.4) is 0 Å². The molecule has 5 heteroatoms. The van der Waals surface area contributed by atoms with E-state index in [1.807, 2.05) is 42.1 Å². The lowest BCUT2D eigenvalue weighted by Crippen LogP contribution is -2.13. The molecule has 2 aromatic rings. The van der Waals surface area contributed by atoms with Crippen LogP contribution < -0.4 is 9.54 Å². The Morgan fingerprint density at radius 2 is 2.04 bits per heavy atom. The highest BCUT2D eigenvalue weighted by atomic mass is 32.1. The van der Waals surface area contributed by atoms with Crippen molar-refractivity contribution in [1.29, 1.82) is 0 Å². The van der Waals surface area contributed by atoms with Crippen molar-refractivity contribution in [3.8, 4) is 17.0 Å². The van der Waals surface area contributed by atoms with E-state index >= 15 is 0 Å². The van der Waals surface area contributed by atoms with Crippen molar-refractivity contribution >= 4 is 17.6 Å². The summed E-state index contributed by atoms with van der Waals surface area (Å²) in [6, 6.07) is 8.00. The fourth-order valence-corrected chi connectivity index (χ4v) is 2.86. The normalized spacial score (nSPS) is 12.3. The number of thiazole rings is 1. The van der Waals surface area contributed by atoms with Crippen molar-refractivity contribution in [2.75, 3.05) is 13.7 Å². The number of nitrogens with zero attached hydrogens (tertiary/aromatic N) is 3. The Morgan fingerprint density at radius 1 is 1.33 bits per heavy atom. The Labute approximate surface area is 147 Å². The molecule has 0 aliphatic carbocycles. The van der Waals surface area contributed by atoms with Crippen LogP contribution in [0.1, 0.15) is 27.2 Å². The molecule has 0 amide bonds. The number of aromatic nitrogens is 1. The fraction of sp³-hybridized carbons (Fsp3) is 0.368. The zero-order chi connectivity index (χ0) is 17.5. The van der Waals surface area contributed by atoms with Crippen molar-refractivity contribution in [2.24, 2.45) is 16.0 Å². The predicted octanol–water partition coefficient (Wildman–Crippen LogP) is 4.58. The molecule has 4 nitrogen and oxygen atoms in total. The van der Waals surface area contributed by atoms with Crippen molar-refractivity contribution < 1.29 is 4.74 Å². The van der Waals surface area contributed by atoms with Crippen molar-refractivity contribution in [3.63, 3.8) is 0 Å². The quantitative estimate of drug-likeness (QED) is 0.535. The number of benzene rings is 1. The van der Waals surface area contributed by atoms with Gasteiger partial charge in [-0.2, -0.15) is 5.10 Å². The van der Waals surface area contributed by atoms with Crippen molar-refractivity contribution in [1.82, 2.24) is 4.68 Å². The number of methoxy groups -OCH3 is 1. The van der Waals surface area contributed by atoms with Gasteiger partial charge >= 0.3 is 0 Å². The van der Waals surface area contributed by atoms with E-state index in [9.17, 15) is 0 Å². The van der Waals surface area contributed by atoms with Gasteiger partial charge in [-0.25, -0.2) is 4.68 Å². The molecule has 2 rings (SSSR count). The highest BCUT2D eigenvalue weighted by molar-refractivity contribution is 7.07. The third-order valence-corrected chi connectivity index (χ3v) is 4.18. The molecule has 0 radical (unpaired) electrons. The average Bonchev–Trinajstić information content (AvgIpc) is 2.95. The van der Waals surface area contributed by atoms with Crippen LogP contribution in [-0.2, 0) is 0 Å². The fourth-order valence-electron chi connectivity index (χ4n) is 2.02. The average molecular weight is 343 g/mol. The second-order valence-electron chi connectivity index (χ2n) is 6.14. The van der Waals surface area contributed by atoms with E-state index in [1.54, 1.807) is 18.4 Å². The number of hydrogen-bond acceptors (Lipinski definition) is 4. The Kier molecular flexibility index (Phi) is 6.55. The molecular formula is C19H25N3OS. The molecule has 0 N–H and O–H groups in total. The lowest BCUT2D eigenvalue weighted by molar-refractivity contribution is 0.415. The van der Waals surface area contributed by atoms with Gasteiger partial charge in [0.25, 0.3) is 0 Å². The second-order valence-corrected chi connectivity index (χ2v) is 6.98. The van der Waals surface area contributed by atoms with Gasteiger partial charge in [-0.1, -0.05) is 26.0 Å². The highest BCUT2D eigenvalue weighted by Crippen LogP contribution is 2.23. The Hall–Kier alpha value is -2.14. The van der Waals surface area contributed by atoms with Crippen LogP contribution in [0, 0.1) is 5.92 Å². The SMILES string of the molecule is C=C(C)CN=c1scc(-c2ccc(OC)cc2)n1N=CCC(C)C. The maximum atomic E-state index is 5.23. The molecule has 0 spiro atoms. The summed E-state index contributed by atoms with van der Waals surface area (Å²) in [7, 11) is 1.67. The molecule has 128 valence electrons. The molecule has 0 atom stereocenters. The summed E-state index contributed by atoms with van der Waals surface area (Å²) < 4.78 is 7.15. The van der Waals surface area contributed by atoms with Gasteiger partial charge in [-0.3, -0.25) is 4.99 Å². The number of ether oxygens (including phenoxy) is 1. The highest BCUT2D eigenvalue weighted by Gasteiger charge is 2.07. The van der Waals surface area contributed by atoms with Gasteiger partial charge in [-0.15, -0.1) is 11.3 Å². The number of rotatable bonds is 7. The van der Waals surface area contributed by atoms with Crippen LogP contribution in [0.15, 0.2) is 51.9 Å². The molecule has 24 heavy (non-hydrogen) atoms. The summed E-state index contributed by atoms with van der Waals surface area (Å²) in [5.74, 6) is 1.42. The van der Waals surface area contributed by atoms with E-state index in [4.69, 9.17) is 4.74 Å². The molecule has 0 bridgehead atoms. The predicted molar refractivity (Wildman–Crippen MR) is 103 cm³/mol. The minimum Gasteiger partial charge on any atom is -0.497 e. The first-order chi connectivity index (χ1) is 11.5. The second kappa shape index (κ2) is 8.64. The molecule has 0 aliphatic heterocycles. The van der Waals surface area contributed by atoms with Crippen LogP contribution in [0.25, 0.3) is 11.3 Å². The minimum atomic E-state index is 0.577. The monoisotopic (exact) mass is 343 g/mol. The molecule has 1 aromatic heterocycles. The molecule has 0 saturated carbocycles. The smallest absolute Gasteiger partial charge is 0.206 e. The van der Waals surface area contributed by atoms with Crippen molar-refractivity contribution in [2.45, 2.75) is 27.2 Å². The van der Waals surface area contributed by atoms with Crippen molar-refractivity contribution in [3.05, 3.63) is 46.6 Å². The first-order valence-electron chi connectivity index (χ1n) is 8.04. The first-order valence-corrected chi connectivity index (χ1v) is 8.92. The summed E-state index contributed by atoms with van der Waals surface area (Å²) in [5.41, 5.74) is 3.15.